The van der Waals surface area contributed by atoms with Gasteiger partial charge in [-0.15, -0.1) is 0 Å². The van der Waals surface area contributed by atoms with E-state index in [1.807, 2.05) is 0 Å². The number of hydrogen-bond acceptors (Lipinski definition) is 1. The van der Waals surface area contributed by atoms with E-state index in [0.29, 0.717) is 6.04 Å². The van der Waals surface area contributed by atoms with Crippen LogP contribution in [-0.4, -0.2) is 6.54 Å². The molecule has 1 unspecified atom stereocenters. The molecule has 1 N–H and O–H groups in total. The Balaban J connectivity index is 2.01. The van der Waals surface area contributed by atoms with Gasteiger partial charge in [-0.2, -0.15) is 0 Å². The van der Waals surface area contributed by atoms with Gasteiger partial charge < -0.3 is 5.32 Å². The zero-order valence-electron chi connectivity index (χ0n) is 9.88. The number of nitrogens with one attached hydrogen (secondary N) is 1. The maximum atomic E-state index is 3.65. The molecule has 1 saturated carbocycles. The fourth-order valence-corrected chi connectivity index (χ4v) is 2.74. The second kappa shape index (κ2) is 5.83. The summed E-state index contributed by atoms with van der Waals surface area (Å²) in [5.74, 6) is 1.02. The first-order chi connectivity index (χ1) is 7.81. The van der Waals surface area contributed by atoms with E-state index < -0.39 is 0 Å². The van der Waals surface area contributed by atoms with Crippen molar-refractivity contribution in [1.29, 1.82) is 0 Å². The van der Waals surface area contributed by atoms with Gasteiger partial charge in [0.25, 0.3) is 0 Å². The quantitative estimate of drug-likeness (QED) is 0.820. The van der Waals surface area contributed by atoms with Crippen LogP contribution < -0.4 is 5.32 Å². The van der Waals surface area contributed by atoms with Gasteiger partial charge in [-0.05, 0) is 36.9 Å². The second-order valence-electron chi connectivity index (χ2n) is 4.65. The lowest BCUT2D eigenvalue weighted by molar-refractivity contribution is 0.480. The molecular weight excluding hydrogens is 262 g/mol. The van der Waals surface area contributed by atoms with Crippen LogP contribution in [0.3, 0.4) is 0 Å². The normalized spacial score (nSPS) is 17.4. The van der Waals surface area contributed by atoms with Gasteiger partial charge in [0, 0.05) is 10.5 Å². The van der Waals surface area contributed by atoms with Gasteiger partial charge in [0.2, 0.25) is 0 Å². The zero-order chi connectivity index (χ0) is 11.4. The van der Waals surface area contributed by atoms with Crippen molar-refractivity contribution in [2.45, 2.75) is 38.6 Å². The van der Waals surface area contributed by atoms with Gasteiger partial charge in [-0.1, -0.05) is 53.9 Å². The summed E-state index contributed by atoms with van der Waals surface area (Å²) in [6.45, 7) is 3.22. The summed E-state index contributed by atoms with van der Waals surface area (Å²) in [5, 5.41) is 3.59. The van der Waals surface area contributed by atoms with Crippen LogP contribution in [0.5, 0.6) is 0 Å². The summed E-state index contributed by atoms with van der Waals surface area (Å²) in [6.07, 6.45) is 5.55. The largest absolute Gasteiger partial charge is 0.310 e. The molecule has 1 aliphatic rings. The minimum atomic E-state index is 0.515. The zero-order valence-corrected chi connectivity index (χ0v) is 11.5. The lowest BCUT2D eigenvalue weighted by atomic mass is 10.0. The summed E-state index contributed by atoms with van der Waals surface area (Å²) < 4.78 is 1.23. The maximum Gasteiger partial charge on any atom is 0.0331 e. The first-order valence-corrected chi connectivity index (χ1v) is 7.08. The number of halogens is 1. The Morgan fingerprint density at radius 1 is 1.38 bits per heavy atom. The van der Waals surface area contributed by atoms with Crippen molar-refractivity contribution in [1.82, 2.24) is 5.32 Å². The number of hydrogen-bond donors (Lipinski definition) is 1. The van der Waals surface area contributed by atoms with E-state index >= 15 is 0 Å². The molecule has 0 radical (unpaired) electrons. The average molecular weight is 282 g/mol. The van der Waals surface area contributed by atoms with Crippen LogP contribution >= 0.6 is 15.9 Å². The van der Waals surface area contributed by atoms with Crippen molar-refractivity contribution >= 4 is 15.9 Å². The van der Waals surface area contributed by atoms with Crippen LogP contribution in [0.4, 0.5) is 0 Å². The molecule has 16 heavy (non-hydrogen) atoms. The first kappa shape index (κ1) is 12.1. The van der Waals surface area contributed by atoms with E-state index in [1.54, 1.807) is 0 Å². The molecule has 1 aromatic carbocycles. The fourth-order valence-electron chi connectivity index (χ4n) is 2.18. The third-order valence-electron chi connectivity index (χ3n) is 3.29. The van der Waals surface area contributed by atoms with E-state index in [0.717, 1.165) is 12.5 Å². The van der Waals surface area contributed by atoms with Gasteiger partial charge in [0.05, 0.1) is 0 Å². The minimum absolute atomic E-state index is 0.515. The molecule has 88 valence electrons. The highest BCUT2D eigenvalue weighted by Crippen LogP contribution is 2.36. The van der Waals surface area contributed by atoms with Crippen LogP contribution in [0.2, 0.25) is 0 Å². The van der Waals surface area contributed by atoms with Crippen LogP contribution in [-0.2, 0) is 0 Å². The van der Waals surface area contributed by atoms with Crippen molar-refractivity contribution in [3.05, 3.63) is 34.3 Å². The molecule has 0 heterocycles. The Hall–Kier alpha value is -0.340. The van der Waals surface area contributed by atoms with E-state index in [9.17, 15) is 0 Å². The molecule has 0 saturated heterocycles. The fraction of sp³-hybridized carbons (Fsp3) is 0.571. The molecule has 1 fully saturated rings. The van der Waals surface area contributed by atoms with Crippen molar-refractivity contribution in [3.63, 3.8) is 0 Å². The molecule has 1 atom stereocenters. The third-order valence-corrected chi connectivity index (χ3v) is 4.01. The summed E-state index contributed by atoms with van der Waals surface area (Å²) in [5.41, 5.74) is 1.41. The van der Waals surface area contributed by atoms with E-state index in [2.05, 4.69) is 52.4 Å². The summed E-state index contributed by atoms with van der Waals surface area (Å²) in [7, 11) is 0. The standard InChI is InChI=1S/C14H20BrN/c1-2-16-14(10-9-11-7-8-11)12-5-3-4-6-13(12)15/h3-6,11,14,16H,2,7-10H2,1H3. The van der Waals surface area contributed by atoms with Crippen LogP contribution in [0.15, 0.2) is 28.7 Å². The van der Waals surface area contributed by atoms with Crippen LogP contribution in [0.1, 0.15) is 44.2 Å². The van der Waals surface area contributed by atoms with Crippen LogP contribution in [0, 0.1) is 5.92 Å². The Morgan fingerprint density at radius 3 is 2.75 bits per heavy atom. The van der Waals surface area contributed by atoms with Gasteiger partial charge in [0.15, 0.2) is 0 Å². The topological polar surface area (TPSA) is 12.0 Å². The Kier molecular flexibility index (Phi) is 4.42. The molecule has 1 aromatic rings. The summed E-state index contributed by atoms with van der Waals surface area (Å²) in [4.78, 5) is 0. The lowest BCUT2D eigenvalue weighted by Gasteiger charge is -2.19. The van der Waals surface area contributed by atoms with Gasteiger partial charge >= 0.3 is 0 Å². The van der Waals surface area contributed by atoms with E-state index in [4.69, 9.17) is 0 Å². The molecule has 0 spiro atoms. The molecule has 0 amide bonds. The molecule has 1 nitrogen and oxygen atoms in total. The summed E-state index contributed by atoms with van der Waals surface area (Å²) in [6, 6.07) is 9.08. The highest BCUT2D eigenvalue weighted by Gasteiger charge is 2.23. The highest BCUT2D eigenvalue weighted by atomic mass is 79.9. The van der Waals surface area contributed by atoms with Gasteiger partial charge in [-0.3, -0.25) is 0 Å². The Morgan fingerprint density at radius 2 is 2.12 bits per heavy atom. The van der Waals surface area contributed by atoms with Crippen molar-refractivity contribution in [3.8, 4) is 0 Å². The third kappa shape index (κ3) is 3.33. The predicted octanol–water partition coefficient (Wildman–Crippen LogP) is 4.29. The lowest BCUT2D eigenvalue weighted by Crippen LogP contribution is -2.21. The molecule has 1 aliphatic carbocycles. The van der Waals surface area contributed by atoms with E-state index in [1.165, 1.54) is 35.7 Å². The van der Waals surface area contributed by atoms with E-state index in [-0.39, 0.29) is 0 Å². The first-order valence-electron chi connectivity index (χ1n) is 6.29. The monoisotopic (exact) mass is 281 g/mol. The van der Waals surface area contributed by atoms with Crippen molar-refractivity contribution < 1.29 is 0 Å². The Labute approximate surface area is 107 Å². The minimum Gasteiger partial charge on any atom is -0.310 e. The highest BCUT2D eigenvalue weighted by molar-refractivity contribution is 9.10. The smallest absolute Gasteiger partial charge is 0.0331 e. The average Bonchev–Trinajstić information content (AvgIpc) is 3.09. The van der Waals surface area contributed by atoms with Gasteiger partial charge in [0.1, 0.15) is 0 Å². The molecule has 2 heteroatoms. The number of benzene rings is 1. The molecule has 0 aromatic heterocycles. The molecular formula is C14H20BrN. The van der Waals surface area contributed by atoms with Crippen molar-refractivity contribution in [2.75, 3.05) is 6.54 Å². The molecule has 0 aliphatic heterocycles. The SMILES string of the molecule is CCNC(CCC1CC1)c1ccccc1Br. The van der Waals surface area contributed by atoms with Crippen molar-refractivity contribution in [2.24, 2.45) is 5.92 Å². The Bertz CT molecular complexity index is 333. The molecule has 2 rings (SSSR count). The number of rotatable bonds is 6. The molecule has 0 bridgehead atoms. The predicted molar refractivity (Wildman–Crippen MR) is 72.5 cm³/mol. The summed E-state index contributed by atoms with van der Waals surface area (Å²) >= 11 is 3.65. The van der Waals surface area contributed by atoms with Gasteiger partial charge in [-0.25, -0.2) is 0 Å². The van der Waals surface area contributed by atoms with Crippen LogP contribution in [0.25, 0.3) is 0 Å². The maximum absolute atomic E-state index is 3.65. The second-order valence-corrected chi connectivity index (χ2v) is 5.51.